The maximum atomic E-state index is 4.12. The van der Waals surface area contributed by atoms with Crippen LogP contribution in [0.15, 0.2) is 24.5 Å². The molecule has 2 aliphatic heterocycles. The summed E-state index contributed by atoms with van der Waals surface area (Å²) >= 11 is 0. The fraction of sp³-hybridized carbons (Fsp3) is 0.688. The van der Waals surface area contributed by atoms with E-state index in [2.05, 4.69) is 34.3 Å². The molecule has 2 aliphatic rings. The maximum Gasteiger partial charge on any atom is 0.0271 e. The molecule has 2 fully saturated rings. The highest BCUT2D eigenvalue weighted by Gasteiger charge is 2.35. The topological polar surface area (TPSA) is 28.2 Å². The summed E-state index contributed by atoms with van der Waals surface area (Å²) in [6.07, 6.45) is 10.5. The van der Waals surface area contributed by atoms with Gasteiger partial charge in [-0.2, -0.15) is 0 Å². The van der Waals surface area contributed by atoms with Crippen molar-refractivity contribution < 1.29 is 0 Å². The average molecular weight is 259 g/mol. The van der Waals surface area contributed by atoms with Crippen LogP contribution in [-0.4, -0.2) is 34.6 Å². The molecule has 0 saturated carbocycles. The Bertz CT molecular complexity index is 380. The summed E-state index contributed by atoms with van der Waals surface area (Å²) in [7, 11) is 0. The third-order valence-corrected chi connectivity index (χ3v) is 4.61. The van der Waals surface area contributed by atoms with Crippen LogP contribution in [0.2, 0.25) is 0 Å². The highest BCUT2D eigenvalue weighted by Crippen LogP contribution is 2.30. The highest BCUT2D eigenvalue weighted by atomic mass is 15.2. The molecule has 19 heavy (non-hydrogen) atoms. The summed E-state index contributed by atoms with van der Waals surface area (Å²) < 4.78 is 0. The van der Waals surface area contributed by atoms with Gasteiger partial charge in [0.2, 0.25) is 0 Å². The number of hydrogen-bond acceptors (Lipinski definition) is 3. The molecule has 0 radical (unpaired) electrons. The van der Waals surface area contributed by atoms with Gasteiger partial charge in [0.1, 0.15) is 0 Å². The first-order valence-electron chi connectivity index (χ1n) is 7.74. The standard InChI is InChI=1S/C16H25N3/c1-2-9-19(12-13-5-7-17-8-6-13)16-10-14-3-4-15(11-16)18-14/h5-8,14-16,18H,2-4,9-12H2,1H3. The lowest BCUT2D eigenvalue weighted by molar-refractivity contribution is 0.134. The summed E-state index contributed by atoms with van der Waals surface area (Å²) in [5, 5.41) is 3.74. The van der Waals surface area contributed by atoms with Crippen molar-refractivity contribution in [3.05, 3.63) is 30.1 Å². The van der Waals surface area contributed by atoms with Crippen LogP contribution in [0.5, 0.6) is 0 Å². The van der Waals surface area contributed by atoms with E-state index < -0.39 is 0 Å². The fourth-order valence-electron chi connectivity index (χ4n) is 3.73. The Labute approximate surface area is 116 Å². The summed E-state index contributed by atoms with van der Waals surface area (Å²) in [6.45, 7) is 4.59. The third-order valence-electron chi connectivity index (χ3n) is 4.61. The number of fused-ring (bicyclic) bond motifs is 2. The normalized spacial score (nSPS) is 29.9. The SMILES string of the molecule is CCCN(Cc1ccncc1)C1CC2CCC(C1)N2. The van der Waals surface area contributed by atoms with Crippen molar-refractivity contribution in [1.82, 2.24) is 15.2 Å². The van der Waals surface area contributed by atoms with E-state index in [0.29, 0.717) is 0 Å². The van der Waals surface area contributed by atoms with Crippen LogP contribution in [0.3, 0.4) is 0 Å². The fourth-order valence-corrected chi connectivity index (χ4v) is 3.73. The zero-order valence-electron chi connectivity index (χ0n) is 11.9. The minimum atomic E-state index is 0.770. The van der Waals surface area contributed by atoms with E-state index in [1.165, 1.54) is 44.2 Å². The number of pyridine rings is 1. The molecule has 104 valence electrons. The zero-order chi connectivity index (χ0) is 13.1. The quantitative estimate of drug-likeness (QED) is 0.881. The summed E-state index contributed by atoms with van der Waals surface area (Å²) in [5.74, 6) is 0. The number of nitrogens with zero attached hydrogens (tertiary/aromatic N) is 2. The number of aromatic nitrogens is 1. The first-order valence-corrected chi connectivity index (χ1v) is 7.74. The van der Waals surface area contributed by atoms with Crippen LogP contribution in [0.25, 0.3) is 0 Å². The van der Waals surface area contributed by atoms with Crippen molar-refractivity contribution in [2.75, 3.05) is 6.54 Å². The predicted octanol–water partition coefficient (Wildman–Crippen LogP) is 2.58. The first-order chi connectivity index (χ1) is 9.35. The van der Waals surface area contributed by atoms with Gasteiger partial charge in [-0.05, 0) is 56.3 Å². The summed E-state index contributed by atoms with van der Waals surface area (Å²) in [5.41, 5.74) is 1.40. The number of nitrogens with one attached hydrogen (secondary N) is 1. The van der Waals surface area contributed by atoms with E-state index >= 15 is 0 Å². The molecule has 2 saturated heterocycles. The summed E-state index contributed by atoms with van der Waals surface area (Å²) in [6, 6.07) is 6.63. The van der Waals surface area contributed by atoms with Crippen LogP contribution >= 0.6 is 0 Å². The second kappa shape index (κ2) is 6.02. The van der Waals surface area contributed by atoms with Crippen molar-refractivity contribution >= 4 is 0 Å². The van der Waals surface area contributed by atoms with Crippen molar-refractivity contribution in [2.24, 2.45) is 0 Å². The molecule has 2 atom stereocenters. The van der Waals surface area contributed by atoms with Gasteiger partial charge in [0.15, 0.2) is 0 Å². The Morgan fingerprint density at radius 1 is 1.21 bits per heavy atom. The van der Waals surface area contributed by atoms with Crippen LogP contribution in [0, 0.1) is 0 Å². The molecule has 0 spiro atoms. The predicted molar refractivity (Wildman–Crippen MR) is 77.9 cm³/mol. The minimum absolute atomic E-state index is 0.770. The van der Waals surface area contributed by atoms with Crippen LogP contribution in [0.4, 0.5) is 0 Å². The van der Waals surface area contributed by atoms with Crippen LogP contribution in [-0.2, 0) is 6.54 Å². The molecule has 3 nitrogen and oxygen atoms in total. The van der Waals surface area contributed by atoms with Crippen molar-refractivity contribution in [3.8, 4) is 0 Å². The van der Waals surface area contributed by atoms with E-state index in [9.17, 15) is 0 Å². The summed E-state index contributed by atoms with van der Waals surface area (Å²) in [4.78, 5) is 6.81. The second-order valence-electron chi connectivity index (χ2n) is 6.09. The minimum Gasteiger partial charge on any atom is -0.311 e. The van der Waals surface area contributed by atoms with Crippen LogP contribution < -0.4 is 5.32 Å². The van der Waals surface area contributed by atoms with Gasteiger partial charge < -0.3 is 5.32 Å². The Morgan fingerprint density at radius 2 is 1.89 bits per heavy atom. The molecule has 1 aromatic rings. The van der Waals surface area contributed by atoms with Crippen LogP contribution in [0.1, 0.15) is 44.6 Å². The molecule has 3 rings (SSSR count). The Kier molecular flexibility index (Phi) is 4.14. The molecule has 0 aromatic carbocycles. The molecule has 3 heterocycles. The number of rotatable bonds is 5. The molecular formula is C16H25N3. The lowest BCUT2D eigenvalue weighted by atomic mass is 9.97. The number of piperidine rings is 1. The lowest BCUT2D eigenvalue weighted by Gasteiger charge is -2.37. The average Bonchev–Trinajstić information content (AvgIpc) is 2.78. The molecule has 0 amide bonds. The Balaban J connectivity index is 1.66. The molecule has 1 N–H and O–H groups in total. The highest BCUT2D eigenvalue weighted by molar-refractivity contribution is 5.10. The monoisotopic (exact) mass is 259 g/mol. The molecule has 2 bridgehead atoms. The molecule has 2 unspecified atom stereocenters. The van der Waals surface area contributed by atoms with E-state index in [0.717, 1.165) is 24.7 Å². The molecule has 1 aromatic heterocycles. The van der Waals surface area contributed by atoms with Gasteiger partial charge in [0.05, 0.1) is 0 Å². The third kappa shape index (κ3) is 3.15. The molecule has 3 heteroatoms. The van der Waals surface area contributed by atoms with Gasteiger partial charge in [0.25, 0.3) is 0 Å². The van der Waals surface area contributed by atoms with E-state index in [4.69, 9.17) is 0 Å². The van der Waals surface area contributed by atoms with E-state index in [1.807, 2.05) is 12.4 Å². The maximum absolute atomic E-state index is 4.12. The van der Waals surface area contributed by atoms with Gasteiger partial charge in [-0.3, -0.25) is 9.88 Å². The van der Waals surface area contributed by atoms with Crippen molar-refractivity contribution in [3.63, 3.8) is 0 Å². The zero-order valence-corrected chi connectivity index (χ0v) is 11.9. The second-order valence-corrected chi connectivity index (χ2v) is 6.09. The smallest absolute Gasteiger partial charge is 0.0271 e. The molecular weight excluding hydrogens is 234 g/mol. The lowest BCUT2D eigenvalue weighted by Crippen LogP contribution is -2.48. The van der Waals surface area contributed by atoms with Crippen molar-refractivity contribution in [1.29, 1.82) is 0 Å². The van der Waals surface area contributed by atoms with E-state index in [-0.39, 0.29) is 0 Å². The van der Waals surface area contributed by atoms with Gasteiger partial charge in [0, 0.05) is 37.1 Å². The van der Waals surface area contributed by atoms with Gasteiger partial charge >= 0.3 is 0 Å². The van der Waals surface area contributed by atoms with E-state index in [1.54, 1.807) is 0 Å². The largest absolute Gasteiger partial charge is 0.311 e. The van der Waals surface area contributed by atoms with Gasteiger partial charge in [-0.25, -0.2) is 0 Å². The number of hydrogen-bond donors (Lipinski definition) is 1. The van der Waals surface area contributed by atoms with Crippen molar-refractivity contribution in [2.45, 2.75) is 63.7 Å². The Hall–Kier alpha value is -0.930. The molecule has 0 aliphatic carbocycles. The first kappa shape index (κ1) is 13.1. The van der Waals surface area contributed by atoms with Gasteiger partial charge in [-0.1, -0.05) is 6.92 Å². The van der Waals surface area contributed by atoms with Gasteiger partial charge in [-0.15, -0.1) is 0 Å². The Morgan fingerprint density at radius 3 is 2.53 bits per heavy atom.